The van der Waals surface area contributed by atoms with Gasteiger partial charge in [-0.2, -0.15) is 5.10 Å². The van der Waals surface area contributed by atoms with Crippen LogP contribution in [0.4, 0.5) is 0 Å². The number of aryl methyl sites for hydroxylation is 1. The molecule has 0 aliphatic carbocycles. The van der Waals surface area contributed by atoms with Crippen molar-refractivity contribution in [3.05, 3.63) is 58.8 Å². The second kappa shape index (κ2) is 7.26. The lowest BCUT2D eigenvalue weighted by molar-refractivity contribution is 0.476. The topological polar surface area (TPSA) is 60.6 Å². The Kier molecular flexibility index (Phi) is 4.82. The van der Waals surface area contributed by atoms with Crippen LogP contribution < -0.4 is 5.32 Å². The maximum absolute atomic E-state index is 4.75. The zero-order valence-corrected chi connectivity index (χ0v) is 16.4. The summed E-state index contributed by atoms with van der Waals surface area (Å²) in [6, 6.07) is 10.5. The summed E-state index contributed by atoms with van der Waals surface area (Å²) in [4.78, 5) is 9.16. The fourth-order valence-electron chi connectivity index (χ4n) is 3.31. The Balaban J connectivity index is 0.00000180. The molecule has 0 unspecified atom stereocenters. The van der Waals surface area contributed by atoms with Gasteiger partial charge in [0.15, 0.2) is 5.82 Å². The third kappa shape index (κ3) is 3.29. The monoisotopic (exact) mass is 398 g/mol. The molecular formula is C19H19ClN6S. The molecule has 6 nitrogen and oxygen atoms in total. The second-order valence-corrected chi connectivity index (χ2v) is 7.41. The van der Waals surface area contributed by atoms with Crippen LogP contribution in [0.15, 0.2) is 48.1 Å². The number of nitrogens with zero attached hydrogens (tertiary/aromatic N) is 5. The van der Waals surface area contributed by atoms with Gasteiger partial charge in [-0.05, 0) is 25.1 Å². The molecular weight excluding hydrogens is 380 g/mol. The molecule has 1 N–H and O–H groups in total. The molecule has 0 radical (unpaired) electrons. The van der Waals surface area contributed by atoms with Crippen LogP contribution in [0.3, 0.4) is 0 Å². The van der Waals surface area contributed by atoms with E-state index in [0.717, 1.165) is 53.1 Å². The van der Waals surface area contributed by atoms with Gasteiger partial charge in [0.05, 0.1) is 22.9 Å². The predicted octanol–water partition coefficient (Wildman–Crippen LogP) is 3.69. The van der Waals surface area contributed by atoms with Gasteiger partial charge in [-0.25, -0.2) is 9.97 Å². The first kappa shape index (κ1) is 17.9. The summed E-state index contributed by atoms with van der Waals surface area (Å²) >= 11 is 1.67. The third-order valence-electron chi connectivity index (χ3n) is 4.58. The van der Waals surface area contributed by atoms with Crippen LogP contribution >= 0.6 is 23.7 Å². The summed E-state index contributed by atoms with van der Waals surface area (Å²) in [6.07, 6.45) is 3.81. The maximum atomic E-state index is 4.75. The lowest BCUT2D eigenvalue weighted by atomic mass is 10.1. The lowest BCUT2D eigenvalue weighted by Crippen LogP contribution is -2.28. The molecule has 138 valence electrons. The molecule has 0 bridgehead atoms. The third-order valence-corrected chi connectivity index (χ3v) is 5.35. The number of rotatable bonds is 3. The highest BCUT2D eigenvalue weighted by molar-refractivity contribution is 7.09. The van der Waals surface area contributed by atoms with Crippen molar-refractivity contribution >= 4 is 23.7 Å². The summed E-state index contributed by atoms with van der Waals surface area (Å²) in [7, 11) is 0. The van der Waals surface area contributed by atoms with Crippen LogP contribution in [0.1, 0.15) is 10.7 Å². The number of thiazole rings is 1. The summed E-state index contributed by atoms with van der Waals surface area (Å²) < 4.78 is 4.16. The van der Waals surface area contributed by atoms with Crippen molar-refractivity contribution in [1.82, 2.24) is 29.6 Å². The standard InChI is InChI=1S/C19H18N6S.ClH/c1-13-22-18(12-26-13)14-3-2-4-15(9-14)24-7-6-21-19(24)17-10-16-11-20-5-8-25(16)23-17;/h2-4,6-7,9-10,12,20H,5,8,11H2,1H3;1H. The summed E-state index contributed by atoms with van der Waals surface area (Å²) in [5, 5.41) is 11.3. The molecule has 1 aliphatic rings. The number of benzene rings is 1. The minimum Gasteiger partial charge on any atom is -0.309 e. The molecule has 0 saturated carbocycles. The molecule has 4 aromatic rings. The minimum absolute atomic E-state index is 0. The smallest absolute Gasteiger partial charge is 0.165 e. The molecule has 3 aromatic heterocycles. The Morgan fingerprint density at radius 1 is 1.19 bits per heavy atom. The summed E-state index contributed by atoms with van der Waals surface area (Å²) in [6.45, 7) is 4.74. The SMILES string of the molecule is Cc1nc(-c2cccc(-n3ccnc3-c3cc4n(n3)CCNC4)c2)cs1.Cl. The fourth-order valence-corrected chi connectivity index (χ4v) is 3.94. The Morgan fingerprint density at radius 3 is 2.93 bits per heavy atom. The Bertz CT molecular complexity index is 1060. The normalized spacial score (nSPS) is 13.2. The first-order chi connectivity index (χ1) is 12.8. The highest BCUT2D eigenvalue weighted by Gasteiger charge is 2.17. The zero-order valence-electron chi connectivity index (χ0n) is 14.8. The fraction of sp³-hybridized carbons (Fsp3) is 0.211. The molecule has 8 heteroatoms. The van der Waals surface area contributed by atoms with E-state index in [-0.39, 0.29) is 12.4 Å². The first-order valence-corrected chi connectivity index (χ1v) is 9.50. The van der Waals surface area contributed by atoms with Crippen LogP contribution in [-0.4, -0.2) is 30.9 Å². The van der Waals surface area contributed by atoms with E-state index in [9.17, 15) is 0 Å². The van der Waals surface area contributed by atoms with Crippen molar-refractivity contribution in [2.45, 2.75) is 20.0 Å². The Hall–Kier alpha value is -2.48. The van der Waals surface area contributed by atoms with Gasteiger partial charge < -0.3 is 5.32 Å². The van der Waals surface area contributed by atoms with E-state index in [4.69, 9.17) is 5.10 Å². The second-order valence-electron chi connectivity index (χ2n) is 6.34. The summed E-state index contributed by atoms with van der Waals surface area (Å²) in [5.41, 5.74) is 5.29. The van der Waals surface area contributed by atoms with Crippen LogP contribution in [0.25, 0.3) is 28.5 Å². The average molecular weight is 399 g/mol. The number of imidazole rings is 1. The highest BCUT2D eigenvalue weighted by atomic mass is 35.5. The van der Waals surface area contributed by atoms with E-state index >= 15 is 0 Å². The first-order valence-electron chi connectivity index (χ1n) is 8.62. The van der Waals surface area contributed by atoms with E-state index in [0.29, 0.717) is 0 Å². The Labute approximate surface area is 167 Å². The number of fused-ring (bicyclic) bond motifs is 1. The molecule has 1 aromatic carbocycles. The average Bonchev–Trinajstić information content (AvgIpc) is 3.40. The van der Waals surface area contributed by atoms with Crippen molar-refractivity contribution in [3.63, 3.8) is 0 Å². The molecule has 27 heavy (non-hydrogen) atoms. The van der Waals surface area contributed by atoms with Gasteiger partial charge in [0.1, 0.15) is 5.69 Å². The van der Waals surface area contributed by atoms with Crippen molar-refractivity contribution in [2.24, 2.45) is 0 Å². The van der Waals surface area contributed by atoms with Crippen molar-refractivity contribution in [3.8, 4) is 28.5 Å². The Morgan fingerprint density at radius 2 is 2.11 bits per heavy atom. The minimum atomic E-state index is 0. The molecule has 4 heterocycles. The van der Waals surface area contributed by atoms with Gasteiger partial charge in [-0.1, -0.05) is 12.1 Å². The summed E-state index contributed by atoms with van der Waals surface area (Å²) in [5.74, 6) is 0.860. The van der Waals surface area contributed by atoms with Gasteiger partial charge in [0, 0.05) is 42.1 Å². The van der Waals surface area contributed by atoms with Gasteiger partial charge in [0.2, 0.25) is 0 Å². The van der Waals surface area contributed by atoms with E-state index in [1.807, 2.05) is 19.3 Å². The number of nitrogens with one attached hydrogen (secondary N) is 1. The number of halogens is 1. The van der Waals surface area contributed by atoms with Crippen LogP contribution in [0, 0.1) is 6.92 Å². The van der Waals surface area contributed by atoms with E-state index in [1.54, 1.807) is 11.3 Å². The molecule has 0 amide bonds. The van der Waals surface area contributed by atoms with Gasteiger partial charge in [-0.15, -0.1) is 23.7 Å². The molecule has 0 fully saturated rings. The van der Waals surface area contributed by atoms with E-state index < -0.39 is 0 Å². The van der Waals surface area contributed by atoms with Crippen LogP contribution in [-0.2, 0) is 13.1 Å². The molecule has 0 atom stereocenters. The van der Waals surface area contributed by atoms with Gasteiger partial charge in [0.25, 0.3) is 0 Å². The highest BCUT2D eigenvalue weighted by Crippen LogP contribution is 2.26. The van der Waals surface area contributed by atoms with Crippen molar-refractivity contribution in [1.29, 1.82) is 0 Å². The zero-order chi connectivity index (χ0) is 17.5. The van der Waals surface area contributed by atoms with Gasteiger partial charge in [-0.3, -0.25) is 9.25 Å². The molecule has 1 aliphatic heterocycles. The molecule has 0 saturated heterocycles. The number of hydrogen-bond acceptors (Lipinski definition) is 5. The molecule has 0 spiro atoms. The largest absolute Gasteiger partial charge is 0.309 e. The van der Waals surface area contributed by atoms with Crippen molar-refractivity contribution < 1.29 is 0 Å². The van der Waals surface area contributed by atoms with Crippen LogP contribution in [0.2, 0.25) is 0 Å². The van der Waals surface area contributed by atoms with Crippen LogP contribution in [0.5, 0.6) is 0 Å². The number of hydrogen-bond donors (Lipinski definition) is 1. The molecule has 5 rings (SSSR count). The number of aromatic nitrogens is 5. The van der Waals surface area contributed by atoms with E-state index in [1.165, 1.54) is 5.69 Å². The maximum Gasteiger partial charge on any atom is 0.165 e. The quantitative estimate of drug-likeness (QED) is 0.571. The lowest BCUT2D eigenvalue weighted by Gasteiger charge is -2.13. The van der Waals surface area contributed by atoms with E-state index in [2.05, 4.69) is 60.2 Å². The van der Waals surface area contributed by atoms with Gasteiger partial charge >= 0.3 is 0 Å². The predicted molar refractivity (Wildman–Crippen MR) is 110 cm³/mol. The van der Waals surface area contributed by atoms with Crippen molar-refractivity contribution in [2.75, 3.05) is 6.54 Å².